The Labute approximate surface area is 84.8 Å². The van der Waals surface area contributed by atoms with Crippen LogP contribution in [0.3, 0.4) is 0 Å². The molecule has 0 fully saturated rings. The van der Waals surface area contributed by atoms with Crippen molar-refractivity contribution in [1.82, 2.24) is 10.1 Å². The third kappa shape index (κ3) is 1.88. The van der Waals surface area contributed by atoms with Crippen LogP contribution < -0.4 is 0 Å². The van der Waals surface area contributed by atoms with Gasteiger partial charge in [-0.3, -0.25) is 0 Å². The fourth-order valence-corrected chi connectivity index (χ4v) is 1.01. The van der Waals surface area contributed by atoms with Crippen molar-refractivity contribution in [3.63, 3.8) is 0 Å². The Bertz CT molecular complexity index is 446. The van der Waals surface area contributed by atoms with Gasteiger partial charge in [-0.25, -0.2) is 4.79 Å². The van der Waals surface area contributed by atoms with Gasteiger partial charge in [0, 0.05) is 0 Å². The summed E-state index contributed by atoms with van der Waals surface area (Å²) in [7, 11) is 0. The summed E-state index contributed by atoms with van der Waals surface area (Å²) < 4.78 is 14.4. The summed E-state index contributed by atoms with van der Waals surface area (Å²) in [5, 5.41) is 3.49. The average molecular weight is 208 g/mol. The monoisotopic (exact) mass is 208 g/mol. The Morgan fingerprint density at radius 3 is 3.13 bits per heavy atom. The predicted molar refractivity (Wildman–Crippen MR) is 48.0 cm³/mol. The van der Waals surface area contributed by atoms with Crippen molar-refractivity contribution < 1.29 is 18.5 Å². The SMILES string of the molecule is CCOC(=O)c1noc(-c2ccoc2)n1. The average Bonchev–Trinajstić information content (AvgIpc) is 2.89. The number of ether oxygens (including phenoxy) is 1. The number of rotatable bonds is 3. The van der Waals surface area contributed by atoms with E-state index >= 15 is 0 Å². The second kappa shape index (κ2) is 3.95. The topological polar surface area (TPSA) is 78.4 Å². The molecule has 0 radical (unpaired) electrons. The molecule has 6 heteroatoms. The van der Waals surface area contributed by atoms with E-state index < -0.39 is 5.97 Å². The highest BCUT2D eigenvalue weighted by Crippen LogP contribution is 2.17. The molecule has 0 aromatic carbocycles. The second-order valence-electron chi connectivity index (χ2n) is 2.66. The summed E-state index contributed by atoms with van der Waals surface area (Å²) in [6.45, 7) is 1.98. The molecular weight excluding hydrogens is 200 g/mol. The first-order valence-electron chi connectivity index (χ1n) is 4.34. The van der Waals surface area contributed by atoms with E-state index in [-0.39, 0.29) is 18.3 Å². The van der Waals surface area contributed by atoms with E-state index in [4.69, 9.17) is 13.7 Å². The molecule has 0 N–H and O–H groups in total. The first kappa shape index (κ1) is 9.45. The Morgan fingerprint density at radius 1 is 1.60 bits per heavy atom. The van der Waals surface area contributed by atoms with E-state index in [1.54, 1.807) is 13.0 Å². The van der Waals surface area contributed by atoms with Crippen LogP contribution in [0.1, 0.15) is 17.5 Å². The molecule has 2 heterocycles. The number of hydrogen-bond acceptors (Lipinski definition) is 6. The summed E-state index contributed by atoms with van der Waals surface area (Å²) in [5.74, 6) is -0.462. The molecule has 0 unspecified atom stereocenters. The zero-order valence-electron chi connectivity index (χ0n) is 7.97. The third-order valence-electron chi connectivity index (χ3n) is 1.65. The summed E-state index contributed by atoms with van der Waals surface area (Å²) >= 11 is 0. The normalized spacial score (nSPS) is 10.2. The van der Waals surface area contributed by atoms with Gasteiger partial charge in [-0.05, 0) is 18.1 Å². The Kier molecular flexibility index (Phi) is 2.49. The van der Waals surface area contributed by atoms with E-state index in [1.165, 1.54) is 12.5 Å². The zero-order valence-corrected chi connectivity index (χ0v) is 7.97. The Balaban J connectivity index is 2.21. The first-order chi connectivity index (χ1) is 7.31. The highest BCUT2D eigenvalue weighted by Gasteiger charge is 2.16. The van der Waals surface area contributed by atoms with Crippen LogP contribution in [0.5, 0.6) is 0 Å². The lowest BCUT2D eigenvalue weighted by Crippen LogP contribution is -2.06. The van der Waals surface area contributed by atoms with Crippen molar-refractivity contribution in [1.29, 1.82) is 0 Å². The molecule has 0 bridgehead atoms. The number of hydrogen-bond donors (Lipinski definition) is 0. The van der Waals surface area contributed by atoms with Crippen molar-refractivity contribution in [2.45, 2.75) is 6.92 Å². The molecule has 0 aliphatic rings. The van der Waals surface area contributed by atoms with Crippen LogP contribution in [0, 0.1) is 0 Å². The number of nitrogens with zero attached hydrogens (tertiary/aromatic N) is 2. The van der Waals surface area contributed by atoms with Gasteiger partial charge in [0.1, 0.15) is 6.26 Å². The van der Waals surface area contributed by atoms with Crippen LogP contribution in [0.2, 0.25) is 0 Å². The predicted octanol–water partition coefficient (Wildman–Crippen LogP) is 1.51. The molecule has 0 aliphatic carbocycles. The maximum atomic E-state index is 11.2. The minimum Gasteiger partial charge on any atom is -0.472 e. The van der Waals surface area contributed by atoms with Gasteiger partial charge in [0.25, 0.3) is 11.7 Å². The van der Waals surface area contributed by atoms with Crippen LogP contribution in [-0.2, 0) is 4.74 Å². The van der Waals surface area contributed by atoms with E-state index in [1.807, 2.05) is 0 Å². The van der Waals surface area contributed by atoms with Gasteiger partial charge in [0.2, 0.25) is 0 Å². The molecular formula is C9H8N2O4. The summed E-state index contributed by atoms with van der Waals surface area (Å²) in [5.41, 5.74) is 0.623. The molecule has 2 aromatic heterocycles. The van der Waals surface area contributed by atoms with Gasteiger partial charge in [0.15, 0.2) is 0 Å². The highest BCUT2D eigenvalue weighted by atomic mass is 16.5. The number of carbonyl (C=O) groups is 1. The van der Waals surface area contributed by atoms with E-state index in [0.717, 1.165) is 0 Å². The van der Waals surface area contributed by atoms with Crippen LogP contribution in [0.25, 0.3) is 11.5 Å². The maximum absolute atomic E-state index is 11.2. The first-order valence-corrected chi connectivity index (χ1v) is 4.34. The number of furan rings is 1. The third-order valence-corrected chi connectivity index (χ3v) is 1.65. The number of aromatic nitrogens is 2. The molecule has 0 amide bonds. The summed E-state index contributed by atoms with van der Waals surface area (Å²) in [6.07, 6.45) is 2.92. The quantitative estimate of drug-likeness (QED) is 0.711. The Hall–Kier alpha value is -2.11. The van der Waals surface area contributed by atoms with E-state index in [2.05, 4.69) is 10.1 Å². The minimum atomic E-state index is -0.601. The molecule has 0 spiro atoms. The number of esters is 1. The lowest BCUT2D eigenvalue weighted by molar-refractivity contribution is 0.0508. The Morgan fingerprint density at radius 2 is 2.47 bits per heavy atom. The highest BCUT2D eigenvalue weighted by molar-refractivity contribution is 5.85. The largest absolute Gasteiger partial charge is 0.472 e. The van der Waals surface area contributed by atoms with Crippen LogP contribution in [-0.4, -0.2) is 22.7 Å². The van der Waals surface area contributed by atoms with Crippen molar-refractivity contribution >= 4 is 5.97 Å². The van der Waals surface area contributed by atoms with Gasteiger partial charge in [-0.15, -0.1) is 0 Å². The van der Waals surface area contributed by atoms with Crippen molar-refractivity contribution in [2.75, 3.05) is 6.61 Å². The molecule has 6 nitrogen and oxygen atoms in total. The molecule has 0 atom stereocenters. The van der Waals surface area contributed by atoms with Crippen molar-refractivity contribution in [3.8, 4) is 11.5 Å². The van der Waals surface area contributed by atoms with Crippen molar-refractivity contribution in [2.24, 2.45) is 0 Å². The molecule has 2 aromatic rings. The fourth-order valence-electron chi connectivity index (χ4n) is 1.01. The standard InChI is InChI=1S/C9H8N2O4/c1-2-14-9(12)7-10-8(15-11-7)6-3-4-13-5-6/h3-5H,2H2,1H3. The van der Waals surface area contributed by atoms with Gasteiger partial charge in [0.05, 0.1) is 18.4 Å². The van der Waals surface area contributed by atoms with Crippen LogP contribution in [0.4, 0.5) is 0 Å². The summed E-state index contributed by atoms with van der Waals surface area (Å²) in [4.78, 5) is 15.1. The fraction of sp³-hybridized carbons (Fsp3) is 0.222. The van der Waals surface area contributed by atoms with Gasteiger partial charge in [-0.1, -0.05) is 0 Å². The molecule has 78 valence electrons. The van der Waals surface area contributed by atoms with Gasteiger partial charge < -0.3 is 13.7 Å². The maximum Gasteiger partial charge on any atom is 0.379 e. The molecule has 0 saturated carbocycles. The minimum absolute atomic E-state index is 0.0898. The second-order valence-corrected chi connectivity index (χ2v) is 2.66. The van der Waals surface area contributed by atoms with E-state index in [0.29, 0.717) is 5.56 Å². The molecule has 0 aliphatic heterocycles. The van der Waals surface area contributed by atoms with Gasteiger partial charge in [-0.2, -0.15) is 4.98 Å². The van der Waals surface area contributed by atoms with Crippen molar-refractivity contribution in [3.05, 3.63) is 24.4 Å². The van der Waals surface area contributed by atoms with Crippen LogP contribution >= 0.6 is 0 Å². The molecule has 15 heavy (non-hydrogen) atoms. The smallest absolute Gasteiger partial charge is 0.379 e. The molecule has 0 saturated heterocycles. The zero-order chi connectivity index (χ0) is 10.7. The van der Waals surface area contributed by atoms with Gasteiger partial charge >= 0.3 is 5.97 Å². The number of carbonyl (C=O) groups excluding carboxylic acids is 1. The van der Waals surface area contributed by atoms with E-state index in [9.17, 15) is 4.79 Å². The van der Waals surface area contributed by atoms with Crippen LogP contribution in [0.15, 0.2) is 27.5 Å². The molecule has 2 rings (SSSR count). The summed E-state index contributed by atoms with van der Waals surface area (Å²) in [6, 6.07) is 1.66. The lowest BCUT2D eigenvalue weighted by Gasteiger charge is -1.93. The lowest BCUT2D eigenvalue weighted by atomic mass is 10.3.